The molecular weight excluding hydrogens is 348 g/mol. The summed E-state index contributed by atoms with van der Waals surface area (Å²) in [5.41, 5.74) is 2.02. The first-order chi connectivity index (χ1) is 13.0. The van der Waals surface area contributed by atoms with Gasteiger partial charge < -0.3 is 28.4 Å². The van der Waals surface area contributed by atoms with Gasteiger partial charge in [0.2, 0.25) is 12.6 Å². The molecule has 0 amide bonds. The second-order valence-electron chi connectivity index (χ2n) is 6.94. The fraction of sp³-hybridized carbons (Fsp3) is 0.429. The van der Waals surface area contributed by atoms with E-state index >= 15 is 0 Å². The van der Waals surface area contributed by atoms with Gasteiger partial charge in [-0.3, -0.25) is 0 Å². The number of methoxy groups -OCH3 is 3. The van der Waals surface area contributed by atoms with Crippen LogP contribution in [0.2, 0.25) is 0 Å². The third-order valence-electron chi connectivity index (χ3n) is 5.66. The van der Waals surface area contributed by atoms with E-state index in [9.17, 15) is 0 Å². The van der Waals surface area contributed by atoms with E-state index in [2.05, 4.69) is 6.92 Å². The molecule has 0 bridgehead atoms. The molecule has 0 radical (unpaired) electrons. The highest BCUT2D eigenvalue weighted by molar-refractivity contribution is 5.58. The number of benzene rings is 2. The van der Waals surface area contributed by atoms with Crippen LogP contribution in [0.3, 0.4) is 0 Å². The number of hydrogen-bond donors (Lipinski definition) is 0. The van der Waals surface area contributed by atoms with E-state index in [1.54, 1.807) is 21.3 Å². The lowest BCUT2D eigenvalue weighted by Gasteiger charge is -2.44. The maximum Gasteiger partial charge on any atom is 0.231 e. The van der Waals surface area contributed by atoms with E-state index in [4.69, 9.17) is 28.4 Å². The first-order valence-electron chi connectivity index (χ1n) is 8.90. The lowest BCUT2D eigenvalue weighted by Crippen LogP contribution is -2.47. The van der Waals surface area contributed by atoms with E-state index in [-0.39, 0.29) is 18.6 Å². The molecule has 2 aliphatic heterocycles. The zero-order chi connectivity index (χ0) is 19.2. The Labute approximate surface area is 158 Å². The Balaban J connectivity index is 1.94. The molecule has 2 aromatic rings. The monoisotopic (exact) mass is 372 g/mol. The summed E-state index contributed by atoms with van der Waals surface area (Å²) in [6.07, 6.45) is 0. The van der Waals surface area contributed by atoms with Crippen LogP contribution in [0, 0.1) is 5.92 Å². The van der Waals surface area contributed by atoms with Crippen molar-refractivity contribution in [2.45, 2.75) is 25.6 Å². The van der Waals surface area contributed by atoms with Crippen molar-refractivity contribution in [3.8, 4) is 28.7 Å². The minimum absolute atomic E-state index is 0.00335. The topological polar surface area (TPSA) is 55.4 Å². The van der Waals surface area contributed by atoms with Gasteiger partial charge in [0.05, 0.1) is 14.2 Å². The predicted octanol–water partition coefficient (Wildman–Crippen LogP) is 3.96. The first-order valence-corrected chi connectivity index (χ1v) is 8.90. The van der Waals surface area contributed by atoms with Crippen LogP contribution >= 0.6 is 0 Å². The van der Waals surface area contributed by atoms with Crippen molar-refractivity contribution in [2.75, 3.05) is 28.1 Å². The maximum atomic E-state index is 6.26. The van der Waals surface area contributed by atoms with E-state index in [0.717, 1.165) is 34.1 Å². The number of hydrogen-bond acceptors (Lipinski definition) is 6. The predicted molar refractivity (Wildman–Crippen MR) is 99.2 cm³/mol. The molecule has 0 saturated carbocycles. The van der Waals surface area contributed by atoms with E-state index in [1.807, 2.05) is 37.3 Å². The second-order valence-corrected chi connectivity index (χ2v) is 6.94. The van der Waals surface area contributed by atoms with Gasteiger partial charge in [0.15, 0.2) is 11.5 Å². The molecule has 0 unspecified atom stereocenters. The molecule has 6 nitrogen and oxygen atoms in total. The molecule has 2 aromatic carbocycles. The quantitative estimate of drug-likeness (QED) is 0.810. The standard InChI is InChI=1S/C21H24O6/c1-12-20(14-8-13(22-3)6-7-16(14)23-4)15-9-18-19(26-11-25-18)10-17(15)27-21(12,2)24-5/h6-10,12,20H,11H2,1-5H3/t12-,20+,21-/m1/s1. The average molecular weight is 372 g/mol. The maximum absolute atomic E-state index is 6.26. The fourth-order valence-electron chi connectivity index (χ4n) is 3.90. The van der Waals surface area contributed by atoms with Crippen LogP contribution in [0.4, 0.5) is 0 Å². The van der Waals surface area contributed by atoms with Crippen molar-refractivity contribution in [1.29, 1.82) is 0 Å². The Kier molecular flexibility index (Phi) is 4.30. The SMILES string of the molecule is COc1ccc(OC)c([C@H]2c3cc4c(cc3O[C@@](C)(OC)[C@@H]2C)OCO4)c1. The number of ether oxygens (including phenoxy) is 6. The lowest BCUT2D eigenvalue weighted by molar-refractivity contribution is -0.194. The van der Waals surface area contributed by atoms with Gasteiger partial charge in [-0.25, -0.2) is 0 Å². The van der Waals surface area contributed by atoms with Crippen LogP contribution in [-0.4, -0.2) is 33.9 Å². The molecule has 0 aromatic heterocycles. The minimum Gasteiger partial charge on any atom is -0.497 e. The molecule has 0 saturated heterocycles. The zero-order valence-corrected chi connectivity index (χ0v) is 16.2. The van der Waals surface area contributed by atoms with Crippen molar-refractivity contribution in [3.05, 3.63) is 41.5 Å². The number of fused-ring (bicyclic) bond motifs is 2. The summed E-state index contributed by atoms with van der Waals surface area (Å²) in [6.45, 7) is 4.27. The largest absolute Gasteiger partial charge is 0.497 e. The van der Waals surface area contributed by atoms with Crippen molar-refractivity contribution in [1.82, 2.24) is 0 Å². The summed E-state index contributed by atoms with van der Waals surface area (Å²) in [5.74, 6) is 2.82. The highest BCUT2D eigenvalue weighted by Gasteiger charge is 2.47. The number of rotatable bonds is 4. The average Bonchev–Trinajstić information content (AvgIpc) is 3.14. The molecular formula is C21H24O6. The van der Waals surface area contributed by atoms with E-state index < -0.39 is 5.79 Å². The summed E-state index contributed by atoms with van der Waals surface area (Å²) >= 11 is 0. The Hall–Kier alpha value is -2.60. The van der Waals surface area contributed by atoms with Gasteiger partial charge >= 0.3 is 0 Å². The van der Waals surface area contributed by atoms with Crippen LogP contribution < -0.4 is 23.7 Å². The Bertz CT molecular complexity index is 864. The van der Waals surface area contributed by atoms with Gasteiger partial charge in [-0.1, -0.05) is 6.92 Å². The van der Waals surface area contributed by atoms with E-state index in [0.29, 0.717) is 5.75 Å². The molecule has 27 heavy (non-hydrogen) atoms. The molecule has 4 rings (SSSR count). The summed E-state index contributed by atoms with van der Waals surface area (Å²) in [6, 6.07) is 9.69. The van der Waals surface area contributed by atoms with Crippen LogP contribution in [0.5, 0.6) is 28.7 Å². The molecule has 0 aliphatic carbocycles. The van der Waals surface area contributed by atoms with Crippen LogP contribution in [0.1, 0.15) is 30.9 Å². The molecule has 2 heterocycles. The Morgan fingerprint density at radius 3 is 2.33 bits per heavy atom. The molecule has 2 aliphatic rings. The van der Waals surface area contributed by atoms with Gasteiger partial charge in [-0.05, 0) is 24.3 Å². The molecule has 0 spiro atoms. The Morgan fingerprint density at radius 1 is 0.926 bits per heavy atom. The third-order valence-corrected chi connectivity index (χ3v) is 5.66. The summed E-state index contributed by atoms with van der Waals surface area (Å²) in [5, 5.41) is 0. The molecule has 0 fully saturated rings. The van der Waals surface area contributed by atoms with Gasteiger partial charge in [0, 0.05) is 43.1 Å². The molecule has 3 atom stereocenters. The van der Waals surface area contributed by atoms with Crippen LogP contribution in [0.15, 0.2) is 30.3 Å². The molecule has 6 heteroatoms. The fourth-order valence-corrected chi connectivity index (χ4v) is 3.90. The zero-order valence-electron chi connectivity index (χ0n) is 16.2. The first kappa shape index (κ1) is 17.8. The van der Waals surface area contributed by atoms with E-state index in [1.165, 1.54) is 0 Å². The normalized spacial score (nSPS) is 25.5. The smallest absolute Gasteiger partial charge is 0.231 e. The molecule has 144 valence electrons. The van der Waals surface area contributed by atoms with Gasteiger partial charge in [-0.2, -0.15) is 0 Å². The van der Waals surface area contributed by atoms with Crippen molar-refractivity contribution >= 4 is 0 Å². The highest BCUT2D eigenvalue weighted by atomic mass is 16.7. The van der Waals surface area contributed by atoms with Gasteiger partial charge in [0.25, 0.3) is 0 Å². The highest BCUT2D eigenvalue weighted by Crippen LogP contribution is 2.53. The van der Waals surface area contributed by atoms with Crippen LogP contribution in [-0.2, 0) is 4.74 Å². The second kappa shape index (κ2) is 6.53. The summed E-state index contributed by atoms with van der Waals surface area (Å²) < 4.78 is 34.3. The Morgan fingerprint density at radius 2 is 1.67 bits per heavy atom. The lowest BCUT2D eigenvalue weighted by atomic mass is 9.75. The van der Waals surface area contributed by atoms with Crippen molar-refractivity contribution in [2.24, 2.45) is 5.92 Å². The summed E-state index contributed by atoms with van der Waals surface area (Å²) in [4.78, 5) is 0. The van der Waals surface area contributed by atoms with Crippen LogP contribution in [0.25, 0.3) is 0 Å². The third kappa shape index (κ3) is 2.75. The summed E-state index contributed by atoms with van der Waals surface area (Å²) in [7, 11) is 4.99. The minimum atomic E-state index is -0.806. The van der Waals surface area contributed by atoms with Crippen molar-refractivity contribution < 1.29 is 28.4 Å². The molecule has 0 N–H and O–H groups in total. The van der Waals surface area contributed by atoms with Gasteiger partial charge in [-0.15, -0.1) is 0 Å². The van der Waals surface area contributed by atoms with Gasteiger partial charge in [0.1, 0.15) is 17.2 Å². The van der Waals surface area contributed by atoms with Crippen molar-refractivity contribution in [3.63, 3.8) is 0 Å².